The van der Waals surface area contributed by atoms with E-state index in [0.29, 0.717) is 11.7 Å². The van der Waals surface area contributed by atoms with Gasteiger partial charge in [-0.1, -0.05) is 33.6 Å². The van der Waals surface area contributed by atoms with Gasteiger partial charge in [0.15, 0.2) is 0 Å². The van der Waals surface area contributed by atoms with Crippen molar-refractivity contribution in [2.75, 3.05) is 0 Å². The molecule has 0 aliphatic heterocycles. The number of hydrogen-bond donors (Lipinski definition) is 0. The Morgan fingerprint density at radius 3 is 2.17 bits per heavy atom. The van der Waals surface area contributed by atoms with Gasteiger partial charge in [-0.15, -0.1) is 0 Å². The molecule has 1 heteroatoms. The van der Waals surface area contributed by atoms with Crippen molar-refractivity contribution in [3.63, 3.8) is 0 Å². The molecule has 1 atom stereocenters. The van der Waals surface area contributed by atoms with E-state index in [0.717, 1.165) is 18.8 Å². The number of hydrogen-bond acceptors (Lipinski definition) is 1. The SMILES string of the molecule is CCC(CCC(C)C)CC(C)=O. The van der Waals surface area contributed by atoms with E-state index >= 15 is 0 Å². The van der Waals surface area contributed by atoms with E-state index in [2.05, 4.69) is 20.8 Å². The van der Waals surface area contributed by atoms with E-state index in [-0.39, 0.29) is 0 Å². The molecular weight excluding hydrogens is 148 g/mol. The van der Waals surface area contributed by atoms with Gasteiger partial charge in [0.2, 0.25) is 0 Å². The second kappa shape index (κ2) is 6.22. The van der Waals surface area contributed by atoms with Crippen molar-refractivity contribution in [2.45, 2.75) is 53.4 Å². The third-order valence-electron chi connectivity index (χ3n) is 2.31. The molecule has 0 spiro atoms. The quantitative estimate of drug-likeness (QED) is 0.597. The molecular formula is C11H22O. The van der Waals surface area contributed by atoms with Crippen LogP contribution in [0.15, 0.2) is 0 Å². The first-order chi connectivity index (χ1) is 5.56. The topological polar surface area (TPSA) is 17.1 Å². The molecule has 0 fully saturated rings. The zero-order valence-electron chi connectivity index (χ0n) is 8.89. The minimum absolute atomic E-state index is 0.339. The van der Waals surface area contributed by atoms with Crippen LogP contribution in [0.2, 0.25) is 0 Å². The Bertz CT molecular complexity index is 127. The zero-order chi connectivity index (χ0) is 9.56. The van der Waals surface area contributed by atoms with Gasteiger partial charge in [-0.2, -0.15) is 0 Å². The summed E-state index contributed by atoms with van der Waals surface area (Å²) in [5.74, 6) is 1.74. The molecule has 72 valence electrons. The smallest absolute Gasteiger partial charge is 0.130 e. The number of Topliss-reactive ketones (excluding diaryl/α,β-unsaturated/α-hetero) is 1. The maximum Gasteiger partial charge on any atom is 0.130 e. The van der Waals surface area contributed by atoms with Gasteiger partial charge in [-0.25, -0.2) is 0 Å². The fourth-order valence-corrected chi connectivity index (χ4v) is 1.43. The first kappa shape index (κ1) is 11.7. The van der Waals surface area contributed by atoms with Gasteiger partial charge in [0.25, 0.3) is 0 Å². The first-order valence-electron chi connectivity index (χ1n) is 5.05. The van der Waals surface area contributed by atoms with Gasteiger partial charge < -0.3 is 4.79 Å². The minimum Gasteiger partial charge on any atom is -0.300 e. The summed E-state index contributed by atoms with van der Waals surface area (Å²) >= 11 is 0. The fourth-order valence-electron chi connectivity index (χ4n) is 1.43. The number of carbonyl (C=O) groups excluding carboxylic acids is 1. The molecule has 0 heterocycles. The van der Waals surface area contributed by atoms with Crippen LogP contribution in [0.5, 0.6) is 0 Å². The molecule has 0 saturated heterocycles. The van der Waals surface area contributed by atoms with Gasteiger partial charge in [-0.05, 0) is 25.2 Å². The molecule has 0 rings (SSSR count). The number of carbonyl (C=O) groups is 1. The van der Waals surface area contributed by atoms with Gasteiger partial charge in [0.1, 0.15) is 5.78 Å². The van der Waals surface area contributed by atoms with Crippen molar-refractivity contribution in [3.05, 3.63) is 0 Å². The van der Waals surface area contributed by atoms with Gasteiger partial charge in [-0.3, -0.25) is 0 Å². The maximum absolute atomic E-state index is 10.9. The van der Waals surface area contributed by atoms with Gasteiger partial charge in [0.05, 0.1) is 0 Å². The van der Waals surface area contributed by atoms with Crippen LogP contribution in [-0.2, 0) is 4.79 Å². The third kappa shape index (κ3) is 6.38. The Kier molecular flexibility index (Phi) is 6.04. The molecule has 0 N–H and O–H groups in total. The van der Waals surface area contributed by atoms with Crippen molar-refractivity contribution in [1.29, 1.82) is 0 Å². The summed E-state index contributed by atoms with van der Waals surface area (Å²) < 4.78 is 0. The van der Waals surface area contributed by atoms with Crippen LogP contribution in [0.25, 0.3) is 0 Å². The van der Waals surface area contributed by atoms with Crippen LogP contribution in [0.3, 0.4) is 0 Å². The molecule has 0 aromatic rings. The average Bonchev–Trinajstić information content (AvgIpc) is 1.97. The largest absolute Gasteiger partial charge is 0.300 e. The van der Waals surface area contributed by atoms with Crippen molar-refractivity contribution in [2.24, 2.45) is 11.8 Å². The number of rotatable bonds is 6. The molecule has 0 aromatic carbocycles. The molecule has 0 amide bonds. The Labute approximate surface area is 76.6 Å². The average molecular weight is 170 g/mol. The second-order valence-corrected chi connectivity index (χ2v) is 4.15. The Morgan fingerprint density at radius 1 is 1.25 bits per heavy atom. The molecule has 0 radical (unpaired) electrons. The lowest BCUT2D eigenvalue weighted by Crippen LogP contribution is -2.06. The summed E-state index contributed by atoms with van der Waals surface area (Å²) in [7, 11) is 0. The standard InChI is InChI=1S/C11H22O/c1-5-11(8-10(4)12)7-6-9(2)3/h9,11H,5-8H2,1-4H3. The highest BCUT2D eigenvalue weighted by Gasteiger charge is 2.09. The highest BCUT2D eigenvalue weighted by atomic mass is 16.1. The van der Waals surface area contributed by atoms with E-state index in [1.807, 2.05) is 0 Å². The summed E-state index contributed by atoms with van der Waals surface area (Å²) in [5, 5.41) is 0. The van der Waals surface area contributed by atoms with E-state index in [4.69, 9.17) is 0 Å². The molecule has 0 aliphatic rings. The lowest BCUT2D eigenvalue weighted by Gasteiger charge is -2.13. The molecule has 1 nitrogen and oxygen atoms in total. The molecule has 1 unspecified atom stereocenters. The summed E-state index contributed by atoms with van der Waals surface area (Å²) in [6.45, 7) is 8.34. The van der Waals surface area contributed by atoms with E-state index in [1.165, 1.54) is 12.8 Å². The normalized spacial score (nSPS) is 13.4. The predicted octanol–water partition coefficient (Wildman–Crippen LogP) is 3.43. The second-order valence-electron chi connectivity index (χ2n) is 4.15. The van der Waals surface area contributed by atoms with Crippen molar-refractivity contribution in [3.8, 4) is 0 Å². The van der Waals surface area contributed by atoms with E-state index < -0.39 is 0 Å². The minimum atomic E-state index is 0.339. The van der Waals surface area contributed by atoms with Crippen LogP contribution in [0, 0.1) is 11.8 Å². The highest BCUT2D eigenvalue weighted by molar-refractivity contribution is 5.75. The van der Waals surface area contributed by atoms with Crippen LogP contribution in [-0.4, -0.2) is 5.78 Å². The summed E-state index contributed by atoms with van der Waals surface area (Å²) in [4.78, 5) is 10.9. The molecule has 12 heavy (non-hydrogen) atoms. The predicted molar refractivity (Wildman–Crippen MR) is 53.2 cm³/mol. The fraction of sp³-hybridized carbons (Fsp3) is 0.909. The third-order valence-corrected chi connectivity index (χ3v) is 2.31. The summed E-state index contributed by atoms with van der Waals surface area (Å²) in [5.41, 5.74) is 0. The Balaban J connectivity index is 3.60. The van der Waals surface area contributed by atoms with Crippen molar-refractivity contribution < 1.29 is 4.79 Å². The molecule has 0 saturated carbocycles. The monoisotopic (exact) mass is 170 g/mol. The summed E-state index contributed by atoms with van der Waals surface area (Å²) in [6.07, 6.45) is 4.40. The van der Waals surface area contributed by atoms with Crippen molar-refractivity contribution in [1.82, 2.24) is 0 Å². The van der Waals surface area contributed by atoms with Crippen LogP contribution in [0.4, 0.5) is 0 Å². The van der Waals surface area contributed by atoms with Crippen LogP contribution in [0.1, 0.15) is 53.4 Å². The molecule has 0 aliphatic carbocycles. The van der Waals surface area contributed by atoms with E-state index in [9.17, 15) is 4.79 Å². The van der Waals surface area contributed by atoms with Crippen LogP contribution >= 0.6 is 0 Å². The molecule has 0 bridgehead atoms. The van der Waals surface area contributed by atoms with Crippen LogP contribution < -0.4 is 0 Å². The van der Waals surface area contributed by atoms with E-state index in [1.54, 1.807) is 6.92 Å². The highest BCUT2D eigenvalue weighted by Crippen LogP contribution is 2.18. The Hall–Kier alpha value is -0.330. The van der Waals surface area contributed by atoms with Gasteiger partial charge in [0, 0.05) is 6.42 Å². The lowest BCUT2D eigenvalue weighted by molar-refractivity contribution is -0.118. The van der Waals surface area contributed by atoms with Crippen molar-refractivity contribution >= 4 is 5.78 Å². The first-order valence-corrected chi connectivity index (χ1v) is 5.05. The summed E-state index contributed by atoms with van der Waals surface area (Å²) in [6, 6.07) is 0. The molecule has 0 aromatic heterocycles. The Morgan fingerprint density at radius 2 is 1.83 bits per heavy atom. The lowest BCUT2D eigenvalue weighted by atomic mass is 9.92. The number of ketones is 1. The zero-order valence-corrected chi connectivity index (χ0v) is 8.89. The maximum atomic E-state index is 10.9. The van der Waals surface area contributed by atoms with Gasteiger partial charge >= 0.3 is 0 Å².